The number of hydrogen-bond donors (Lipinski definition) is 0. The molecule has 0 aromatic heterocycles. The molecule has 1 aromatic rings. The Kier molecular flexibility index (Phi) is 4.17. The molecule has 1 amide bonds. The van der Waals surface area contributed by atoms with E-state index in [0.29, 0.717) is 17.8 Å². The highest BCUT2D eigenvalue weighted by atomic mass is 16.5. The second-order valence-corrected chi connectivity index (χ2v) is 4.65. The number of anilines is 1. The molecule has 5 heteroatoms. The number of rotatable bonds is 2. The minimum Gasteiger partial charge on any atom is -0.465 e. The first-order valence-corrected chi connectivity index (χ1v) is 6.64. The van der Waals surface area contributed by atoms with Gasteiger partial charge in [0, 0.05) is 19.0 Å². The monoisotopic (exact) mass is 275 g/mol. The molecule has 0 aliphatic carbocycles. The summed E-state index contributed by atoms with van der Waals surface area (Å²) in [5.41, 5.74) is 0.968. The lowest BCUT2D eigenvalue weighted by Gasteiger charge is -2.20. The normalized spacial score (nSPS) is 18.2. The molecule has 1 heterocycles. The standard InChI is InChI=1S/C15H17NO4/c1-3-20-15(19)12-8-9-16(10(2)17)13-7-5-4-6-11(13)14(12)18/h4-7,12H,3,8-9H2,1-2H3. The SMILES string of the molecule is CCOC(=O)C1CCN(C(C)=O)c2ccccc2C1=O. The number of benzene rings is 1. The highest BCUT2D eigenvalue weighted by Gasteiger charge is 2.35. The zero-order chi connectivity index (χ0) is 14.7. The molecule has 106 valence electrons. The quantitative estimate of drug-likeness (QED) is 0.610. The molecule has 0 bridgehead atoms. The van der Waals surface area contributed by atoms with E-state index in [1.165, 1.54) is 11.8 Å². The number of ether oxygens (including phenoxy) is 1. The molecule has 5 nitrogen and oxygen atoms in total. The average Bonchev–Trinajstić information content (AvgIpc) is 2.57. The van der Waals surface area contributed by atoms with Crippen LogP contribution in [0.2, 0.25) is 0 Å². The Morgan fingerprint density at radius 1 is 1.35 bits per heavy atom. The van der Waals surface area contributed by atoms with E-state index in [9.17, 15) is 14.4 Å². The van der Waals surface area contributed by atoms with Gasteiger partial charge in [-0.25, -0.2) is 0 Å². The van der Waals surface area contributed by atoms with E-state index in [2.05, 4.69) is 0 Å². The van der Waals surface area contributed by atoms with Crippen LogP contribution in [0.25, 0.3) is 0 Å². The van der Waals surface area contributed by atoms with Crippen molar-refractivity contribution in [1.82, 2.24) is 0 Å². The fourth-order valence-electron chi connectivity index (χ4n) is 2.41. The summed E-state index contributed by atoms with van der Waals surface area (Å²) >= 11 is 0. The van der Waals surface area contributed by atoms with E-state index in [0.717, 1.165) is 0 Å². The van der Waals surface area contributed by atoms with E-state index in [1.807, 2.05) is 0 Å². The molecule has 0 fully saturated rings. The molecular weight excluding hydrogens is 258 g/mol. The Morgan fingerprint density at radius 2 is 2.05 bits per heavy atom. The summed E-state index contributed by atoms with van der Waals surface area (Å²) in [7, 11) is 0. The lowest BCUT2D eigenvalue weighted by atomic mass is 9.95. The van der Waals surface area contributed by atoms with E-state index in [-0.39, 0.29) is 24.7 Å². The van der Waals surface area contributed by atoms with E-state index in [4.69, 9.17) is 4.74 Å². The van der Waals surface area contributed by atoms with E-state index < -0.39 is 11.9 Å². The molecule has 1 atom stereocenters. The third-order valence-electron chi connectivity index (χ3n) is 3.37. The van der Waals surface area contributed by atoms with Crippen molar-refractivity contribution in [3.8, 4) is 0 Å². The number of esters is 1. The van der Waals surface area contributed by atoms with Crippen molar-refractivity contribution in [2.75, 3.05) is 18.1 Å². The van der Waals surface area contributed by atoms with Crippen LogP contribution in [0.3, 0.4) is 0 Å². The van der Waals surface area contributed by atoms with Crippen LogP contribution in [0.1, 0.15) is 30.6 Å². The summed E-state index contributed by atoms with van der Waals surface area (Å²) in [5.74, 6) is -1.77. The topological polar surface area (TPSA) is 63.7 Å². The van der Waals surface area contributed by atoms with Crippen LogP contribution in [0.5, 0.6) is 0 Å². The van der Waals surface area contributed by atoms with Crippen LogP contribution in [-0.2, 0) is 14.3 Å². The summed E-state index contributed by atoms with van der Waals surface area (Å²) in [6.45, 7) is 3.73. The highest BCUT2D eigenvalue weighted by molar-refractivity contribution is 6.14. The molecule has 0 radical (unpaired) electrons. The van der Waals surface area contributed by atoms with Gasteiger partial charge in [-0.1, -0.05) is 12.1 Å². The first kappa shape index (κ1) is 14.2. The van der Waals surface area contributed by atoms with Gasteiger partial charge in [0.1, 0.15) is 5.92 Å². The Labute approximate surface area is 117 Å². The van der Waals surface area contributed by atoms with Gasteiger partial charge in [0.2, 0.25) is 5.91 Å². The van der Waals surface area contributed by atoms with Crippen molar-refractivity contribution in [2.45, 2.75) is 20.3 Å². The third kappa shape index (κ3) is 2.57. The molecule has 1 aromatic carbocycles. The van der Waals surface area contributed by atoms with Crippen molar-refractivity contribution in [3.05, 3.63) is 29.8 Å². The van der Waals surface area contributed by atoms with Crippen LogP contribution < -0.4 is 4.90 Å². The van der Waals surface area contributed by atoms with Crippen LogP contribution in [0.4, 0.5) is 5.69 Å². The molecule has 1 unspecified atom stereocenters. The van der Waals surface area contributed by atoms with Crippen LogP contribution in [0.15, 0.2) is 24.3 Å². The number of amides is 1. The predicted octanol–water partition coefficient (Wildman–Crippen LogP) is 1.81. The summed E-state index contributed by atoms with van der Waals surface area (Å²) in [6, 6.07) is 6.86. The number of fused-ring (bicyclic) bond motifs is 1. The van der Waals surface area contributed by atoms with Crippen molar-refractivity contribution in [2.24, 2.45) is 5.92 Å². The molecule has 1 aliphatic heterocycles. The maximum absolute atomic E-state index is 12.5. The number of carbonyl (C=O) groups excluding carboxylic acids is 3. The lowest BCUT2D eigenvalue weighted by Crippen LogP contribution is -2.30. The third-order valence-corrected chi connectivity index (χ3v) is 3.37. The molecule has 0 saturated carbocycles. The molecule has 20 heavy (non-hydrogen) atoms. The number of nitrogens with zero attached hydrogens (tertiary/aromatic N) is 1. The summed E-state index contributed by atoms with van der Waals surface area (Å²) in [4.78, 5) is 37.6. The Balaban J connectivity index is 2.42. The summed E-state index contributed by atoms with van der Waals surface area (Å²) in [5, 5.41) is 0. The average molecular weight is 275 g/mol. The molecule has 1 aliphatic rings. The number of Topliss-reactive ketones (excluding diaryl/α,β-unsaturated/α-hetero) is 1. The highest BCUT2D eigenvalue weighted by Crippen LogP contribution is 2.29. The number of ketones is 1. The Bertz CT molecular complexity index is 553. The van der Waals surface area contributed by atoms with Crippen molar-refractivity contribution in [1.29, 1.82) is 0 Å². The zero-order valence-electron chi connectivity index (χ0n) is 11.6. The van der Waals surface area contributed by atoms with Gasteiger partial charge in [-0.15, -0.1) is 0 Å². The largest absolute Gasteiger partial charge is 0.465 e. The minimum absolute atomic E-state index is 0.144. The van der Waals surface area contributed by atoms with Crippen molar-refractivity contribution in [3.63, 3.8) is 0 Å². The van der Waals surface area contributed by atoms with Gasteiger partial charge in [-0.05, 0) is 25.5 Å². The number of hydrogen-bond acceptors (Lipinski definition) is 4. The molecule has 0 saturated heterocycles. The van der Waals surface area contributed by atoms with Gasteiger partial charge >= 0.3 is 5.97 Å². The van der Waals surface area contributed by atoms with Crippen molar-refractivity contribution >= 4 is 23.3 Å². The first-order chi connectivity index (χ1) is 9.56. The molecular formula is C15H17NO4. The second kappa shape index (κ2) is 5.86. The van der Waals surface area contributed by atoms with Gasteiger partial charge in [0.15, 0.2) is 5.78 Å². The van der Waals surface area contributed by atoms with E-state index in [1.54, 1.807) is 31.2 Å². The molecule has 2 rings (SSSR count). The summed E-state index contributed by atoms with van der Waals surface area (Å²) < 4.78 is 4.95. The maximum Gasteiger partial charge on any atom is 0.316 e. The van der Waals surface area contributed by atoms with Crippen LogP contribution in [-0.4, -0.2) is 30.8 Å². The van der Waals surface area contributed by atoms with Gasteiger partial charge < -0.3 is 9.64 Å². The lowest BCUT2D eigenvalue weighted by molar-refractivity contribution is -0.146. The zero-order valence-corrected chi connectivity index (χ0v) is 11.6. The molecule has 0 spiro atoms. The molecule has 0 N–H and O–H groups in total. The van der Waals surface area contributed by atoms with Gasteiger partial charge in [0.05, 0.1) is 12.3 Å². The van der Waals surface area contributed by atoms with Crippen LogP contribution >= 0.6 is 0 Å². The Morgan fingerprint density at radius 3 is 2.70 bits per heavy atom. The fraction of sp³-hybridized carbons (Fsp3) is 0.400. The minimum atomic E-state index is -0.833. The second-order valence-electron chi connectivity index (χ2n) is 4.65. The fourth-order valence-corrected chi connectivity index (χ4v) is 2.41. The first-order valence-electron chi connectivity index (χ1n) is 6.64. The number of para-hydroxylation sites is 1. The summed E-state index contributed by atoms with van der Waals surface area (Å²) in [6.07, 6.45) is 0.284. The van der Waals surface area contributed by atoms with Crippen molar-refractivity contribution < 1.29 is 19.1 Å². The smallest absolute Gasteiger partial charge is 0.316 e. The predicted molar refractivity (Wildman–Crippen MR) is 73.5 cm³/mol. The van der Waals surface area contributed by atoms with E-state index >= 15 is 0 Å². The Hall–Kier alpha value is -2.17. The van der Waals surface area contributed by atoms with Gasteiger partial charge in [-0.3, -0.25) is 14.4 Å². The maximum atomic E-state index is 12.5. The van der Waals surface area contributed by atoms with Gasteiger partial charge in [0.25, 0.3) is 0 Å². The van der Waals surface area contributed by atoms with Crippen LogP contribution in [0, 0.1) is 5.92 Å². The number of carbonyl (C=O) groups is 3. The van der Waals surface area contributed by atoms with Gasteiger partial charge in [-0.2, -0.15) is 0 Å².